The first kappa shape index (κ1) is 12.9. The van der Waals surface area contributed by atoms with E-state index in [4.69, 9.17) is 23.1 Å². The van der Waals surface area contributed by atoms with Crippen LogP contribution in [-0.4, -0.2) is 12.6 Å². The van der Waals surface area contributed by atoms with Crippen LogP contribution >= 0.6 is 11.6 Å². The molecular weight excluding hydrogens is 232 g/mol. The zero-order valence-electron chi connectivity index (χ0n) is 10.1. The Morgan fingerprint density at radius 2 is 1.76 bits per heavy atom. The lowest BCUT2D eigenvalue weighted by molar-refractivity contribution is 0.376. The minimum atomic E-state index is 0.0549. The smallest absolute Gasteiger partial charge is 0.0406 e. The maximum absolute atomic E-state index is 6.21. The van der Waals surface area contributed by atoms with E-state index in [0.29, 0.717) is 18.4 Å². The largest absolute Gasteiger partial charge is 0.329 e. The van der Waals surface area contributed by atoms with Gasteiger partial charge in [0.2, 0.25) is 0 Å². The van der Waals surface area contributed by atoms with Gasteiger partial charge >= 0.3 is 0 Å². The predicted octanol–water partition coefficient (Wildman–Crippen LogP) is 2.90. The predicted molar refractivity (Wildman–Crippen MR) is 73.2 cm³/mol. The van der Waals surface area contributed by atoms with Gasteiger partial charge in [0, 0.05) is 23.5 Å². The van der Waals surface area contributed by atoms with Crippen molar-refractivity contribution in [2.75, 3.05) is 6.54 Å². The summed E-state index contributed by atoms with van der Waals surface area (Å²) in [5, 5.41) is 0.778. The first-order valence-electron chi connectivity index (χ1n) is 6.43. The van der Waals surface area contributed by atoms with Crippen molar-refractivity contribution in [3.05, 3.63) is 34.9 Å². The summed E-state index contributed by atoms with van der Waals surface area (Å²) in [6.45, 7) is 0.545. The number of hydrogen-bond acceptors (Lipinski definition) is 2. The minimum absolute atomic E-state index is 0.0549. The van der Waals surface area contributed by atoms with Gasteiger partial charge in [0.1, 0.15) is 0 Å². The molecule has 1 fully saturated rings. The van der Waals surface area contributed by atoms with E-state index in [0.717, 1.165) is 5.02 Å². The summed E-state index contributed by atoms with van der Waals surface area (Å²) in [5.41, 5.74) is 13.3. The van der Waals surface area contributed by atoms with Crippen LogP contribution in [0.2, 0.25) is 5.02 Å². The molecule has 0 amide bonds. The van der Waals surface area contributed by atoms with Gasteiger partial charge in [-0.15, -0.1) is 0 Å². The number of hydrogen-bond donors (Lipinski definition) is 2. The van der Waals surface area contributed by atoms with E-state index in [9.17, 15) is 0 Å². The first-order valence-corrected chi connectivity index (χ1v) is 6.81. The Bertz CT molecular complexity index is 344. The lowest BCUT2D eigenvalue weighted by atomic mass is 9.80. The normalized spacial score (nSPS) is 20.4. The summed E-state index contributed by atoms with van der Waals surface area (Å²) < 4.78 is 0. The standard InChI is InChI=1S/C14H21ClN2/c15-12-7-5-11(6-8-12)14(13(17)9-16)10-3-1-2-4-10/h5-8,10,13-14H,1-4,9,16-17H2. The molecule has 2 atom stereocenters. The number of benzene rings is 1. The molecule has 17 heavy (non-hydrogen) atoms. The van der Waals surface area contributed by atoms with Gasteiger partial charge in [0.05, 0.1) is 0 Å². The van der Waals surface area contributed by atoms with Crippen LogP contribution in [0.3, 0.4) is 0 Å². The fourth-order valence-corrected chi connectivity index (χ4v) is 3.14. The molecule has 94 valence electrons. The average Bonchev–Trinajstić information content (AvgIpc) is 2.85. The maximum Gasteiger partial charge on any atom is 0.0406 e. The van der Waals surface area contributed by atoms with Crippen molar-refractivity contribution in [2.24, 2.45) is 17.4 Å². The SMILES string of the molecule is NCC(N)C(c1ccc(Cl)cc1)C1CCCC1. The van der Waals surface area contributed by atoms with Crippen molar-refractivity contribution < 1.29 is 0 Å². The molecule has 0 aromatic heterocycles. The third kappa shape index (κ3) is 3.01. The second kappa shape index (κ2) is 5.85. The van der Waals surface area contributed by atoms with E-state index in [1.807, 2.05) is 12.1 Å². The first-order chi connectivity index (χ1) is 8.22. The van der Waals surface area contributed by atoms with Crippen molar-refractivity contribution in [3.8, 4) is 0 Å². The Morgan fingerprint density at radius 3 is 2.29 bits per heavy atom. The number of rotatable bonds is 4. The fourth-order valence-electron chi connectivity index (χ4n) is 3.02. The van der Waals surface area contributed by atoms with Gasteiger partial charge in [-0.2, -0.15) is 0 Å². The van der Waals surface area contributed by atoms with Crippen LogP contribution in [0, 0.1) is 5.92 Å². The molecule has 1 aromatic rings. The van der Waals surface area contributed by atoms with Crippen LogP contribution in [0.5, 0.6) is 0 Å². The Kier molecular flexibility index (Phi) is 4.43. The summed E-state index contributed by atoms with van der Waals surface area (Å²) in [5.74, 6) is 1.08. The quantitative estimate of drug-likeness (QED) is 0.866. The lowest BCUT2D eigenvalue weighted by Gasteiger charge is -2.29. The third-order valence-corrected chi connectivity index (χ3v) is 4.15. The molecule has 0 spiro atoms. The molecule has 0 saturated heterocycles. The molecule has 1 aliphatic rings. The summed E-state index contributed by atoms with van der Waals surface area (Å²) in [6.07, 6.45) is 5.21. The van der Waals surface area contributed by atoms with E-state index in [2.05, 4.69) is 12.1 Å². The number of nitrogens with two attached hydrogens (primary N) is 2. The van der Waals surface area contributed by atoms with Crippen LogP contribution in [0.25, 0.3) is 0 Å². The number of halogens is 1. The molecule has 2 nitrogen and oxygen atoms in total. The van der Waals surface area contributed by atoms with Gasteiger partial charge in [-0.25, -0.2) is 0 Å². The van der Waals surface area contributed by atoms with Crippen molar-refractivity contribution in [1.29, 1.82) is 0 Å². The summed E-state index contributed by atoms with van der Waals surface area (Å²) in [6, 6.07) is 8.14. The van der Waals surface area contributed by atoms with Crippen LogP contribution in [0.4, 0.5) is 0 Å². The lowest BCUT2D eigenvalue weighted by Crippen LogP contribution is -2.38. The van der Waals surface area contributed by atoms with E-state index >= 15 is 0 Å². The average molecular weight is 253 g/mol. The zero-order valence-corrected chi connectivity index (χ0v) is 10.9. The van der Waals surface area contributed by atoms with Crippen LogP contribution < -0.4 is 11.5 Å². The monoisotopic (exact) mass is 252 g/mol. The van der Waals surface area contributed by atoms with E-state index in [1.54, 1.807) is 0 Å². The molecule has 2 unspecified atom stereocenters. The zero-order chi connectivity index (χ0) is 12.3. The molecule has 1 saturated carbocycles. The van der Waals surface area contributed by atoms with Crippen molar-refractivity contribution in [3.63, 3.8) is 0 Å². The molecule has 2 rings (SSSR count). The minimum Gasteiger partial charge on any atom is -0.329 e. The van der Waals surface area contributed by atoms with Crippen molar-refractivity contribution >= 4 is 11.6 Å². The molecule has 3 heteroatoms. The molecule has 0 bridgehead atoms. The highest BCUT2D eigenvalue weighted by atomic mass is 35.5. The van der Waals surface area contributed by atoms with Crippen LogP contribution in [-0.2, 0) is 0 Å². The van der Waals surface area contributed by atoms with Gasteiger partial charge in [-0.05, 0) is 36.5 Å². The Hall–Kier alpha value is -0.570. The highest BCUT2D eigenvalue weighted by Crippen LogP contribution is 2.38. The van der Waals surface area contributed by atoms with Gasteiger partial charge < -0.3 is 11.5 Å². The molecule has 0 heterocycles. The second-order valence-corrected chi connectivity index (χ2v) is 5.46. The van der Waals surface area contributed by atoms with Gasteiger partial charge in [-0.1, -0.05) is 36.6 Å². The highest BCUT2D eigenvalue weighted by molar-refractivity contribution is 6.30. The van der Waals surface area contributed by atoms with Crippen LogP contribution in [0.15, 0.2) is 24.3 Å². The van der Waals surface area contributed by atoms with Crippen molar-refractivity contribution in [2.45, 2.75) is 37.6 Å². The molecule has 1 aliphatic carbocycles. The van der Waals surface area contributed by atoms with E-state index in [1.165, 1.54) is 31.2 Å². The van der Waals surface area contributed by atoms with Gasteiger partial charge in [0.25, 0.3) is 0 Å². The molecular formula is C14H21ClN2. The summed E-state index contributed by atoms with van der Waals surface area (Å²) in [7, 11) is 0. The van der Waals surface area contributed by atoms with Crippen LogP contribution in [0.1, 0.15) is 37.2 Å². The maximum atomic E-state index is 6.21. The fraction of sp³-hybridized carbons (Fsp3) is 0.571. The van der Waals surface area contributed by atoms with E-state index in [-0.39, 0.29) is 6.04 Å². The van der Waals surface area contributed by atoms with E-state index < -0.39 is 0 Å². The molecule has 0 aliphatic heterocycles. The van der Waals surface area contributed by atoms with Gasteiger partial charge in [-0.3, -0.25) is 0 Å². The topological polar surface area (TPSA) is 52.0 Å². The Labute approximate surface area is 108 Å². The Balaban J connectivity index is 2.22. The Morgan fingerprint density at radius 1 is 1.18 bits per heavy atom. The molecule has 1 aromatic carbocycles. The summed E-state index contributed by atoms with van der Waals surface area (Å²) >= 11 is 5.93. The molecule has 0 radical (unpaired) electrons. The van der Waals surface area contributed by atoms with Gasteiger partial charge in [0.15, 0.2) is 0 Å². The molecule has 4 N–H and O–H groups in total. The van der Waals surface area contributed by atoms with Crippen molar-refractivity contribution in [1.82, 2.24) is 0 Å². The third-order valence-electron chi connectivity index (χ3n) is 3.90. The summed E-state index contributed by atoms with van der Waals surface area (Å²) in [4.78, 5) is 0. The second-order valence-electron chi connectivity index (χ2n) is 5.02. The highest BCUT2D eigenvalue weighted by Gasteiger charge is 2.30.